The molecular formula is C6H5BrN6. The molecule has 13 heavy (non-hydrogen) atoms. The average Bonchev–Trinajstić information content (AvgIpc) is 2.61. The molecule has 0 spiro atoms. The van der Waals surface area contributed by atoms with Crippen LogP contribution in [0.25, 0.3) is 5.82 Å². The number of nitrogens with two attached hydrogens (primary N) is 1. The van der Waals surface area contributed by atoms with Gasteiger partial charge < -0.3 is 5.73 Å². The first-order valence-corrected chi connectivity index (χ1v) is 4.19. The van der Waals surface area contributed by atoms with Gasteiger partial charge in [0.25, 0.3) is 0 Å². The summed E-state index contributed by atoms with van der Waals surface area (Å²) >= 11 is 3.28. The number of hydrogen-bond donors (Lipinski definition) is 1. The fraction of sp³-hybridized carbons (Fsp3) is 0. The fourth-order valence-corrected chi connectivity index (χ4v) is 1.22. The first-order valence-electron chi connectivity index (χ1n) is 3.40. The van der Waals surface area contributed by atoms with E-state index in [1.807, 2.05) is 0 Å². The maximum absolute atomic E-state index is 5.43. The Morgan fingerprint density at radius 2 is 2.31 bits per heavy atom. The summed E-state index contributed by atoms with van der Waals surface area (Å²) in [6, 6.07) is 0. The summed E-state index contributed by atoms with van der Waals surface area (Å²) in [5, 5.41) is 3.92. The van der Waals surface area contributed by atoms with Gasteiger partial charge in [-0.3, -0.25) is 0 Å². The van der Waals surface area contributed by atoms with Gasteiger partial charge in [-0.25, -0.2) is 14.6 Å². The van der Waals surface area contributed by atoms with Crippen molar-refractivity contribution in [2.75, 3.05) is 5.73 Å². The largest absolute Gasteiger partial charge is 0.368 e. The Morgan fingerprint density at radius 3 is 3.00 bits per heavy atom. The highest BCUT2D eigenvalue weighted by Crippen LogP contribution is 2.16. The van der Waals surface area contributed by atoms with Gasteiger partial charge in [0.2, 0.25) is 5.95 Å². The highest BCUT2D eigenvalue weighted by Gasteiger charge is 2.05. The third-order valence-corrected chi connectivity index (χ3v) is 1.94. The molecule has 0 saturated carbocycles. The van der Waals surface area contributed by atoms with Crippen LogP contribution < -0.4 is 5.73 Å². The molecule has 2 N–H and O–H groups in total. The van der Waals surface area contributed by atoms with Gasteiger partial charge >= 0.3 is 0 Å². The van der Waals surface area contributed by atoms with Crippen LogP contribution in [-0.4, -0.2) is 24.7 Å². The molecular weight excluding hydrogens is 236 g/mol. The summed E-state index contributed by atoms with van der Waals surface area (Å²) in [5.74, 6) is 0.777. The monoisotopic (exact) mass is 240 g/mol. The Balaban J connectivity index is 2.57. The molecule has 0 aliphatic heterocycles. The maximum atomic E-state index is 5.43. The van der Waals surface area contributed by atoms with Crippen LogP contribution in [0.5, 0.6) is 0 Å². The number of hydrogen-bond acceptors (Lipinski definition) is 5. The van der Waals surface area contributed by atoms with Gasteiger partial charge in [0.05, 0.1) is 4.47 Å². The molecule has 6 nitrogen and oxygen atoms in total. The molecule has 2 aromatic heterocycles. The molecule has 0 atom stereocenters. The third-order valence-electron chi connectivity index (χ3n) is 1.38. The van der Waals surface area contributed by atoms with Crippen LogP contribution >= 0.6 is 15.9 Å². The van der Waals surface area contributed by atoms with Gasteiger partial charge in [-0.2, -0.15) is 10.1 Å². The Morgan fingerprint density at radius 1 is 1.46 bits per heavy atom. The van der Waals surface area contributed by atoms with Gasteiger partial charge in [-0.1, -0.05) is 0 Å². The Bertz CT molecular complexity index is 411. The van der Waals surface area contributed by atoms with Gasteiger partial charge in [0.15, 0.2) is 5.82 Å². The normalized spacial score (nSPS) is 10.2. The molecule has 2 heterocycles. The molecule has 2 rings (SSSR count). The molecule has 7 heteroatoms. The predicted octanol–water partition coefficient (Wildman–Crippen LogP) is 0.402. The van der Waals surface area contributed by atoms with Crippen molar-refractivity contribution in [3.8, 4) is 5.82 Å². The molecule has 66 valence electrons. The van der Waals surface area contributed by atoms with Crippen LogP contribution in [0.1, 0.15) is 0 Å². The SMILES string of the molecule is Nc1ncc(Br)c(-n2cncn2)n1. The van der Waals surface area contributed by atoms with Crippen molar-refractivity contribution in [2.45, 2.75) is 0 Å². The number of halogens is 1. The van der Waals surface area contributed by atoms with Crippen LogP contribution in [0.15, 0.2) is 23.3 Å². The molecule has 0 saturated heterocycles. The zero-order valence-corrected chi connectivity index (χ0v) is 8.01. The summed E-state index contributed by atoms with van der Waals surface area (Å²) in [4.78, 5) is 11.6. The van der Waals surface area contributed by atoms with Crippen molar-refractivity contribution in [3.05, 3.63) is 23.3 Å². The van der Waals surface area contributed by atoms with Crippen molar-refractivity contribution in [2.24, 2.45) is 0 Å². The molecule has 0 bridgehead atoms. The van der Waals surface area contributed by atoms with E-state index in [0.29, 0.717) is 10.3 Å². The standard InChI is InChI=1S/C6H5BrN6/c7-4-1-10-6(8)12-5(4)13-3-9-2-11-13/h1-3H,(H2,8,10,12). The highest BCUT2D eigenvalue weighted by molar-refractivity contribution is 9.10. The highest BCUT2D eigenvalue weighted by atomic mass is 79.9. The lowest BCUT2D eigenvalue weighted by Crippen LogP contribution is -2.03. The average molecular weight is 241 g/mol. The van der Waals surface area contributed by atoms with Crippen LogP contribution in [0.2, 0.25) is 0 Å². The zero-order chi connectivity index (χ0) is 9.26. The van der Waals surface area contributed by atoms with Gasteiger partial charge in [-0.05, 0) is 15.9 Å². The number of rotatable bonds is 1. The molecule has 0 fully saturated rings. The summed E-state index contributed by atoms with van der Waals surface area (Å²) in [5.41, 5.74) is 5.43. The Kier molecular flexibility index (Phi) is 1.93. The van der Waals surface area contributed by atoms with Gasteiger partial charge in [0.1, 0.15) is 12.7 Å². The van der Waals surface area contributed by atoms with Crippen LogP contribution in [0.3, 0.4) is 0 Å². The van der Waals surface area contributed by atoms with Crippen molar-refractivity contribution in [1.82, 2.24) is 24.7 Å². The zero-order valence-electron chi connectivity index (χ0n) is 6.42. The number of anilines is 1. The minimum absolute atomic E-state index is 0.203. The van der Waals surface area contributed by atoms with Crippen molar-refractivity contribution >= 4 is 21.9 Å². The number of aromatic nitrogens is 5. The van der Waals surface area contributed by atoms with E-state index >= 15 is 0 Å². The maximum Gasteiger partial charge on any atom is 0.222 e. The topological polar surface area (TPSA) is 82.5 Å². The van der Waals surface area contributed by atoms with E-state index in [-0.39, 0.29) is 5.95 Å². The van der Waals surface area contributed by atoms with E-state index in [1.54, 1.807) is 6.20 Å². The first kappa shape index (κ1) is 8.11. The molecule has 0 aliphatic rings. The molecule has 0 radical (unpaired) electrons. The second kappa shape index (κ2) is 3.09. The van der Waals surface area contributed by atoms with E-state index in [4.69, 9.17) is 5.73 Å². The quantitative estimate of drug-likeness (QED) is 0.781. The molecule has 0 aliphatic carbocycles. The van der Waals surface area contributed by atoms with Crippen molar-refractivity contribution in [3.63, 3.8) is 0 Å². The first-order chi connectivity index (χ1) is 6.27. The van der Waals surface area contributed by atoms with Crippen molar-refractivity contribution < 1.29 is 0 Å². The van der Waals surface area contributed by atoms with Gasteiger partial charge in [0, 0.05) is 6.20 Å². The minimum Gasteiger partial charge on any atom is -0.368 e. The Labute approximate surface area is 82.0 Å². The van der Waals surface area contributed by atoms with Crippen LogP contribution in [0, 0.1) is 0 Å². The minimum atomic E-state index is 0.203. The number of nitrogen functional groups attached to an aromatic ring is 1. The molecule has 2 aromatic rings. The third kappa shape index (κ3) is 1.50. The van der Waals surface area contributed by atoms with Gasteiger partial charge in [-0.15, -0.1) is 0 Å². The molecule has 0 amide bonds. The lowest BCUT2D eigenvalue weighted by atomic mass is 10.6. The van der Waals surface area contributed by atoms with E-state index in [2.05, 4.69) is 36.0 Å². The summed E-state index contributed by atoms with van der Waals surface area (Å²) in [7, 11) is 0. The van der Waals surface area contributed by atoms with E-state index < -0.39 is 0 Å². The Hall–Kier alpha value is -1.50. The van der Waals surface area contributed by atoms with E-state index in [0.717, 1.165) is 0 Å². The van der Waals surface area contributed by atoms with E-state index in [9.17, 15) is 0 Å². The lowest BCUT2D eigenvalue weighted by molar-refractivity contribution is 0.835. The second-order valence-electron chi connectivity index (χ2n) is 2.24. The number of nitrogens with zero attached hydrogens (tertiary/aromatic N) is 5. The summed E-state index contributed by atoms with van der Waals surface area (Å²) in [6.07, 6.45) is 4.52. The lowest BCUT2D eigenvalue weighted by Gasteiger charge is -2.01. The molecule has 0 aromatic carbocycles. The summed E-state index contributed by atoms with van der Waals surface area (Å²) in [6.45, 7) is 0. The smallest absolute Gasteiger partial charge is 0.222 e. The van der Waals surface area contributed by atoms with E-state index in [1.165, 1.54) is 17.3 Å². The van der Waals surface area contributed by atoms with Crippen LogP contribution in [0.4, 0.5) is 5.95 Å². The summed E-state index contributed by atoms with van der Waals surface area (Å²) < 4.78 is 2.22. The second-order valence-corrected chi connectivity index (χ2v) is 3.09. The van der Waals surface area contributed by atoms with Crippen LogP contribution in [-0.2, 0) is 0 Å². The van der Waals surface area contributed by atoms with Crippen molar-refractivity contribution in [1.29, 1.82) is 0 Å². The fourth-order valence-electron chi connectivity index (χ4n) is 0.850. The predicted molar refractivity (Wildman–Crippen MR) is 49.1 cm³/mol. The molecule has 0 unspecified atom stereocenters.